The van der Waals surface area contributed by atoms with E-state index >= 15 is 0 Å². The van der Waals surface area contributed by atoms with Crippen LogP contribution in [0.25, 0.3) is 0 Å². The van der Waals surface area contributed by atoms with Crippen LogP contribution < -0.4 is 10.1 Å². The fraction of sp³-hybridized carbons (Fsp3) is 0.200. The number of alkyl halides is 3. The fourth-order valence-electron chi connectivity index (χ4n) is 1.87. The van der Waals surface area contributed by atoms with Gasteiger partial charge in [-0.3, -0.25) is 14.9 Å². The molecule has 1 amide bonds. The molecule has 0 aliphatic carbocycles. The molecule has 26 heavy (non-hydrogen) atoms. The number of thioether (sulfide) groups is 1. The van der Waals surface area contributed by atoms with Gasteiger partial charge in [-0.15, -0.1) is 11.8 Å². The topological polar surface area (TPSA) is 94.4 Å². The predicted molar refractivity (Wildman–Crippen MR) is 88.2 cm³/mol. The molecular formula is C15H12F3N3O4S. The van der Waals surface area contributed by atoms with Crippen molar-refractivity contribution >= 4 is 29.0 Å². The molecule has 0 aliphatic rings. The number of carbonyl (C=O) groups is 1. The summed E-state index contributed by atoms with van der Waals surface area (Å²) in [5.41, 5.74) is -1.44. The molecule has 0 unspecified atom stereocenters. The maximum absolute atomic E-state index is 12.7. The number of methoxy groups -OCH3 is 1. The molecule has 0 saturated carbocycles. The molecule has 0 atom stereocenters. The largest absolute Gasteiger partial charge is 0.481 e. The molecule has 1 heterocycles. The van der Waals surface area contributed by atoms with E-state index in [0.717, 1.165) is 23.9 Å². The van der Waals surface area contributed by atoms with Crippen molar-refractivity contribution in [1.29, 1.82) is 0 Å². The minimum atomic E-state index is -4.69. The van der Waals surface area contributed by atoms with Crippen LogP contribution in [0.5, 0.6) is 5.88 Å². The number of amides is 1. The molecule has 0 spiro atoms. The zero-order valence-corrected chi connectivity index (χ0v) is 14.1. The lowest BCUT2D eigenvalue weighted by Crippen LogP contribution is -2.14. The van der Waals surface area contributed by atoms with E-state index in [0.29, 0.717) is 17.6 Å². The van der Waals surface area contributed by atoms with Crippen molar-refractivity contribution in [2.45, 2.75) is 11.1 Å². The number of hydrogen-bond donors (Lipinski definition) is 1. The van der Waals surface area contributed by atoms with E-state index in [9.17, 15) is 28.1 Å². The second-order valence-electron chi connectivity index (χ2n) is 4.86. The van der Waals surface area contributed by atoms with Gasteiger partial charge in [-0.05, 0) is 18.2 Å². The molecule has 2 aromatic rings. The molecular weight excluding hydrogens is 375 g/mol. The van der Waals surface area contributed by atoms with E-state index in [4.69, 9.17) is 4.74 Å². The standard InChI is InChI=1S/C15H12F3N3O4S/c1-25-14-5-3-10(7-19-14)20-13(22)8-26-12-4-2-9(15(16,17)18)6-11(12)21(23)24/h2-7H,8H2,1H3,(H,20,22). The normalized spacial score (nSPS) is 11.1. The molecule has 0 radical (unpaired) electrons. The van der Waals surface area contributed by atoms with Gasteiger partial charge in [0.25, 0.3) is 5.69 Å². The quantitative estimate of drug-likeness (QED) is 0.461. The van der Waals surface area contributed by atoms with Crippen LogP contribution in [0.1, 0.15) is 5.56 Å². The lowest BCUT2D eigenvalue weighted by atomic mass is 10.2. The molecule has 0 fully saturated rings. The lowest BCUT2D eigenvalue weighted by Gasteiger charge is -2.09. The number of aromatic nitrogens is 1. The summed E-state index contributed by atoms with van der Waals surface area (Å²) in [6.45, 7) is 0. The van der Waals surface area contributed by atoms with Crippen molar-refractivity contribution < 1.29 is 27.6 Å². The van der Waals surface area contributed by atoms with Crippen LogP contribution in [-0.4, -0.2) is 28.7 Å². The third kappa shape index (κ3) is 5.09. The smallest absolute Gasteiger partial charge is 0.416 e. The Morgan fingerprint density at radius 1 is 1.35 bits per heavy atom. The molecule has 7 nitrogen and oxygen atoms in total. The fourth-order valence-corrected chi connectivity index (χ4v) is 2.68. The zero-order valence-electron chi connectivity index (χ0n) is 13.2. The number of ether oxygens (including phenoxy) is 1. The number of carbonyl (C=O) groups excluding carboxylic acids is 1. The van der Waals surface area contributed by atoms with E-state index in [1.54, 1.807) is 6.07 Å². The SMILES string of the molecule is COc1ccc(NC(=O)CSc2ccc(C(F)(F)F)cc2[N+](=O)[O-])cn1. The van der Waals surface area contributed by atoms with E-state index in [1.807, 2.05) is 0 Å². The second-order valence-corrected chi connectivity index (χ2v) is 5.88. The summed E-state index contributed by atoms with van der Waals surface area (Å²) in [5.74, 6) is -0.355. The van der Waals surface area contributed by atoms with Gasteiger partial charge in [-0.2, -0.15) is 13.2 Å². The van der Waals surface area contributed by atoms with Crippen molar-refractivity contribution in [2.24, 2.45) is 0 Å². The zero-order chi connectivity index (χ0) is 19.3. The van der Waals surface area contributed by atoms with Crippen molar-refractivity contribution in [3.8, 4) is 5.88 Å². The molecule has 2 rings (SSSR count). The van der Waals surface area contributed by atoms with E-state index in [1.165, 1.54) is 19.4 Å². The van der Waals surface area contributed by atoms with Crippen LogP contribution in [0.4, 0.5) is 24.5 Å². The first-order valence-corrected chi connectivity index (χ1v) is 7.97. The van der Waals surface area contributed by atoms with Gasteiger partial charge in [0, 0.05) is 12.1 Å². The van der Waals surface area contributed by atoms with E-state index < -0.39 is 28.3 Å². The maximum Gasteiger partial charge on any atom is 0.416 e. The van der Waals surface area contributed by atoms with Gasteiger partial charge in [0.2, 0.25) is 11.8 Å². The number of nitrogens with zero attached hydrogens (tertiary/aromatic N) is 2. The van der Waals surface area contributed by atoms with Crippen LogP contribution in [0.3, 0.4) is 0 Å². The number of anilines is 1. The summed E-state index contributed by atoms with van der Waals surface area (Å²) in [6.07, 6.45) is -3.32. The van der Waals surface area contributed by atoms with E-state index in [-0.39, 0.29) is 10.6 Å². The monoisotopic (exact) mass is 387 g/mol. The highest BCUT2D eigenvalue weighted by Gasteiger charge is 2.33. The summed E-state index contributed by atoms with van der Waals surface area (Å²) in [7, 11) is 1.44. The number of nitro groups is 1. The number of nitrogens with one attached hydrogen (secondary N) is 1. The highest BCUT2D eigenvalue weighted by Crippen LogP contribution is 2.36. The van der Waals surface area contributed by atoms with Gasteiger partial charge in [0.1, 0.15) is 0 Å². The summed E-state index contributed by atoms with van der Waals surface area (Å²) in [5, 5.41) is 13.5. The predicted octanol–water partition coefficient (Wildman–Crippen LogP) is 3.75. The Bertz CT molecular complexity index is 813. The third-order valence-corrected chi connectivity index (χ3v) is 4.13. The summed E-state index contributed by atoms with van der Waals surface area (Å²) >= 11 is 0.764. The molecule has 1 N–H and O–H groups in total. The van der Waals surface area contributed by atoms with Crippen LogP contribution in [0, 0.1) is 10.1 Å². The molecule has 0 saturated heterocycles. The Kier molecular flexibility index (Phi) is 6.03. The maximum atomic E-state index is 12.7. The van der Waals surface area contributed by atoms with E-state index in [2.05, 4.69) is 10.3 Å². The Balaban J connectivity index is 2.05. The third-order valence-electron chi connectivity index (χ3n) is 3.07. The number of pyridine rings is 1. The van der Waals surface area contributed by atoms with Gasteiger partial charge in [0.15, 0.2) is 0 Å². The average Bonchev–Trinajstić information content (AvgIpc) is 2.59. The summed E-state index contributed by atoms with van der Waals surface area (Å²) < 4.78 is 42.9. The van der Waals surface area contributed by atoms with Gasteiger partial charge in [0.05, 0.1) is 40.1 Å². The van der Waals surface area contributed by atoms with Gasteiger partial charge >= 0.3 is 6.18 Å². The number of halogens is 3. The Morgan fingerprint density at radius 2 is 2.08 bits per heavy atom. The first-order valence-electron chi connectivity index (χ1n) is 6.99. The minimum Gasteiger partial charge on any atom is -0.481 e. The number of nitro benzene ring substituents is 1. The Labute approximate surface area is 149 Å². The molecule has 1 aromatic carbocycles. The van der Waals surface area contributed by atoms with Gasteiger partial charge < -0.3 is 10.1 Å². The lowest BCUT2D eigenvalue weighted by molar-refractivity contribution is -0.388. The number of hydrogen-bond acceptors (Lipinski definition) is 6. The summed E-state index contributed by atoms with van der Waals surface area (Å²) in [4.78, 5) is 25.9. The van der Waals surface area contributed by atoms with Gasteiger partial charge in [-0.25, -0.2) is 4.98 Å². The average molecular weight is 387 g/mol. The molecule has 138 valence electrons. The molecule has 0 aliphatic heterocycles. The second kappa shape index (κ2) is 8.04. The van der Waals surface area contributed by atoms with Crippen molar-refractivity contribution in [1.82, 2.24) is 4.98 Å². The molecule has 1 aromatic heterocycles. The first kappa shape index (κ1) is 19.5. The first-order chi connectivity index (χ1) is 12.2. The van der Waals surface area contributed by atoms with Crippen molar-refractivity contribution in [3.63, 3.8) is 0 Å². The molecule has 11 heteroatoms. The minimum absolute atomic E-state index is 0.0361. The summed E-state index contributed by atoms with van der Waals surface area (Å²) in [6, 6.07) is 5.25. The van der Waals surface area contributed by atoms with Crippen LogP contribution >= 0.6 is 11.8 Å². The van der Waals surface area contributed by atoms with Crippen LogP contribution in [0.2, 0.25) is 0 Å². The number of rotatable bonds is 6. The number of benzene rings is 1. The van der Waals surface area contributed by atoms with Crippen molar-refractivity contribution in [2.75, 3.05) is 18.2 Å². The van der Waals surface area contributed by atoms with Crippen LogP contribution in [-0.2, 0) is 11.0 Å². The van der Waals surface area contributed by atoms with Gasteiger partial charge in [-0.1, -0.05) is 0 Å². The van der Waals surface area contributed by atoms with Crippen molar-refractivity contribution in [3.05, 3.63) is 52.2 Å². The Hall–Kier alpha value is -2.82. The van der Waals surface area contributed by atoms with Crippen LogP contribution in [0.15, 0.2) is 41.4 Å². The highest BCUT2D eigenvalue weighted by molar-refractivity contribution is 8.00. The highest BCUT2D eigenvalue weighted by atomic mass is 32.2. The Morgan fingerprint density at radius 3 is 2.62 bits per heavy atom. The molecule has 0 bridgehead atoms.